The van der Waals surface area contributed by atoms with E-state index in [1.807, 2.05) is 18.2 Å². The minimum Gasteiger partial charge on any atom is -0.380 e. The molecule has 4 nitrogen and oxygen atoms in total. The lowest BCUT2D eigenvalue weighted by Crippen LogP contribution is -2.46. The summed E-state index contributed by atoms with van der Waals surface area (Å²) in [6.45, 7) is 2.13. The maximum absolute atomic E-state index is 12.0. The Morgan fingerprint density at radius 3 is 3.00 bits per heavy atom. The van der Waals surface area contributed by atoms with E-state index in [1.54, 1.807) is 7.11 Å². The van der Waals surface area contributed by atoms with Crippen molar-refractivity contribution < 1.29 is 9.53 Å². The van der Waals surface area contributed by atoms with Gasteiger partial charge in [0, 0.05) is 13.7 Å². The molecule has 1 saturated heterocycles. The summed E-state index contributed by atoms with van der Waals surface area (Å²) in [6.07, 6.45) is 3.24. The van der Waals surface area contributed by atoms with Crippen molar-refractivity contribution in [2.45, 2.75) is 38.5 Å². The zero-order valence-corrected chi connectivity index (χ0v) is 11.4. The number of hydrogen-bond acceptors (Lipinski definition) is 3. The van der Waals surface area contributed by atoms with Crippen LogP contribution in [0, 0.1) is 0 Å². The first-order valence-corrected chi connectivity index (χ1v) is 6.87. The largest absolute Gasteiger partial charge is 0.380 e. The maximum atomic E-state index is 12.0. The fourth-order valence-corrected chi connectivity index (χ4v) is 2.38. The standard InChI is InChI=1S/C15H22N2O2/c1-19-11-13-6-4-5-12(9-13)10-17-15(18)14-7-2-3-8-16-14/h4-6,9,14,16H,2-3,7-8,10-11H2,1H3,(H,17,18)/t14-/m0/s1. The summed E-state index contributed by atoms with van der Waals surface area (Å²) in [6, 6.07) is 8.09. The highest BCUT2D eigenvalue weighted by molar-refractivity contribution is 5.81. The summed E-state index contributed by atoms with van der Waals surface area (Å²) < 4.78 is 5.11. The molecule has 1 fully saturated rings. The Kier molecular flexibility index (Phi) is 5.36. The van der Waals surface area contributed by atoms with E-state index in [2.05, 4.69) is 16.7 Å². The number of carbonyl (C=O) groups is 1. The molecular weight excluding hydrogens is 240 g/mol. The van der Waals surface area contributed by atoms with Crippen LogP contribution >= 0.6 is 0 Å². The number of benzene rings is 1. The monoisotopic (exact) mass is 262 g/mol. The second kappa shape index (κ2) is 7.26. The van der Waals surface area contributed by atoms with Gasteiger partial charge < -0.3 is 15.4 Å². The summed E-state index contributed by atoms with van der Waals surface area (Å²) in [5.41, 5.74) is 2.24. The zero-order valence-electron chi connectivity index (χ0n) is 11.4. The minimum absolute atomic E-state index is 0.0177. The van der Waals surface area contributed by atoms with Crippen LogP contribution < -0.4 is 10.6 Å². The highest BCUT2D eigenvalue weighted by atomic mass is 16.5. The van der Waals surface area contributed by atoms with Crippen LogP contribution in [-0.2, 0) is 22.7 Å². The van der Waals surface area contributed by atoms with E-state index in [-0.39, 0.29) is 11.9 Å². The van der Waals surface area contributed by atoms with Gasteiger partial charge in [0.25, 0.3) is 0 Å². The Balaban J connectivity index is 1.83. The number of ether oxygens (including phenoxy) is 1. The van der Waals surface area contributed by atoms with Crippen LogP contribution in [-0.4, -0.2) is 25.6 Å². The van der Waals surface area contributed by atoms with Crippen molar-refractivity contribution in [1.82, 2.24) is 10.6 Å². The van der Waals surface area contributed by atoms with Gasteiger partial charge in [0.1, 0.15) is 0 Å². The van der Waals surface area contributed by atoms with Gasteiger partial charge in [-0.25, -0.2) is 0 Å². The second-order valence-electron chi connectivity index (χ2n) is 4.97. The Labute approximate surface area is 114 Å². The molecule has 1 aromatic carbocycles. The molecule has 1 heterocycles. The summed E-state index contributed by atoms with van der Waals surface area (Å²) in [7, 11) is 1.68. The molecule has 0 aliphatic carbocycles. The molecule has 1 aliphatic heterocycles. The first-order valence-electron chi connectivity index (χ1n) is 6.87. The molecule has 2 N–H and O–H groups in total. The molecule has 104 valence electrons. The Hall–Kier alpha value is -1.39. The predicted molar refractivity (Wildman–Crippen MR) is 74.6 cm³/mol. The van der Waals surface area contributed by atoms with Crippen molar-refractivity contribution in [3.05, 3.63) is 35.4 Å². The molecular formula is C15H22N2O2. The van der Waals surface area contributed by atoms with E-state index in [4.69, 9.17) is 4.74 Å². The van der Waals surface area contributed by atoms with E-state index in [0.29, 0.717) is 13.2 Å². The van der Waals surface area contributed by atoms with Gasteiger partial charge in [-0.15, -0.1) is 0 Å². The van der Waals surface area contributed by atoms with Crippen molar-refractivity contribution in [2.24, 2.45) is 0 Å². The van der Waals surface area contributed by atoms with Gasteiger partial charge in [-0.1, -0.05) is 30.7 Å². The molecule has 2 rings (SSSR count). The fraction of sp³-hybridized carbons (Fsp3) is 0.533. The highest BCUT2D eigenvalue weighted by Gasteiger charge is 2.19. The van der Waals surface area contributed by atoms with Crippen LogP contribution in [0.15, 0.2) is 24.3 Å². The molecule has 1 amide bonds. The number of methoxy groups -OCH3 is 1. The zero-order chi connectivity index (χ0) is 13.5. The summed E-state index contributed by atoms with van der Waals surface area (Å²) in [5.74, 6) is 0.108. The lowest BCUT2D eigenvalue weighted by molar-refractivity contribution is -0.123. The Morgan fingerprint density at radius 1 is 1.42 bits per heavy atom. The van der Waals surface area contributed by atoms with Crippen LogP contribution in [0.3, 0.4) is 0 Å². The Morgan fingerprint density at radius 2 is 2.26 bits per heavy atom. The average Bonchev–Trinajstić information content (AvgIpc) is 2.46. The molecule has 0 radical (unpaired) electrons. The molecule has 4 heteroatoms. The number of carbonyl (C=O) groups excluding carboxylic acids is 1. The smallest absolute Gasteiger partial charge is 0.237 e. The van der Waals surface area contributed by atoms with Gasteiger partial charge in [0.15, 0.2) is 0 Å². The minimum atomic E-state index is -0.0177. The van der Waals surface area contributed by atoms with Crippen LogP contribution in [0.1, 0.15) is 30.4 Å². The molecule has 0 bridgehead atoms. The topological polar surface area (TPSA) is 50.4 Å². The first kappa shape index (κ1) is 14.0. The van der Waals surface area contributed by atoms with Gasteiger partial charge in [0.2, 0.25) is 5.91 Å². The third-order valence-electron chi connectivity index (χ3n) is 3.40. The molecule has 0 aromatic heterocycles. The third kappa shape index (κ3) is 4.33. The quantitative estimate of drug-likeness (QED) is 0.847. The van der Waals surface area contributed by atoms with E-state index in [0.717, 1.165) is 30.5 Å². The van der Waals surface area contributed by atoms with E-state index in [9.17, 15) is 4.79 Å². The highest BCUT2D eigenvalue weighted by Crippen LogP contribution is 2.09. The molecule has 0 unspecified atom stereocenters. The van der Waals surface area contributed by atoms with Crippen molar-refractivity contribution in [1.29, 1.82) is 0 Å². The second-order valence-corrected chi connectivity index (χ2v) is 4.97. The lowest BCUT2D eigenvalue weighted by Gasteiger charge is -2.22. The van der Waals surface area contributed by atoms with Crippen LogP contribution in [0.4, 0.5) is 0 Å². The number of amides is 1. The summed E-state index contributed by atoms with van der Waals surface area (Å²) >= 11 is 0. The van der Waals surface area contributed by atoms with Crippen molar-refractivity contribution in [3.63, 3.8) is 0 Å². The van der Waals surface area contributed by atoms with Gasteiger partial charge >= 0.3 is 0 Å². The number of piperidine rings is 1. The van der Waals surface area contributed by atoms with Crippen molar-refractivity contribution in [3.8, 4) is 0 Å². The first-order chi connectivity index (χ1) is 9.29. The van der Waals surface area contributed by atoms with E-state index >= 15 is 0 Å². The fourth-order valence-electron chi connectivity index (χ4n) is 2.38. The van der Waals surface area contributed by atoms with E-state index < -0.39 is 0 Å². The van der Waals surface area contributed by atoms with Crippen LogP contribution in [0.2, 0.25) is 0 Å². The predicted octanol–water partition coefficient (Wildman–Crippen LogP) is 1.59. The van der Waals surface area contributed by atoms with E-state index in [1.165, 1.54) is 6.42 Å². The summed E-state index contributed by atoms with van der Waals surface area (Å²) in [5, 5.41) is 6.25. The van der Waals surface area contributed by atoms with Crippen LogP contribution in [0.5, 0.6) is 0 Å². The van der Waals surface area contributed by atoms with Gasteiger partial charge in [-0.3, -0.25) is 4.79 Å². The number of hydrogen-bond donors (Lipinski definition) is 2. The molecule has 0 saturated carbocycles. The van der Waals surface area contributed by atoms with Crippen molar-refractivity contribution in [2.75, 3.05) is 13.7 Å². The van der Waals surface area contributed by atoms with Gasteiger partial charge in [-0.2, -0.15) is 0 Å². The van der Waals surface area contributed by atoms with Gasteiger partial charge in [0.05, 0.1) is 12.6 Å². The average molecular weight is 262 g/mol. The normalized spacial score (nSPS) is 19.1. The van der Waals surface area contributed by atoms with Crippen molar-refractivity contribution >= 4 is 5.91 Å². The third-order valence-corrected chi connectivity index (χ3v) is 3.40. The molecule has 1 atom stereocenters. The maximum Gasteiger partial charge on any atom is 0.237 e. The number of rotatable bonds is 5. The number of nitrogens with one attached hydrogen (secondary N) is 2. The van der Waals surface area contributed by atoms with Crippen LogP contribution in [0.25, 0.3) is 0 Å². The lowest BCUT2D eigenvalue weighted by atomic mass is 10.0. The summed E-state index contributed by atoms with van der Waals surface area (Å²) in [4.78, 5) is 12.0. The molecule has 1 aliphatic rings. The molecule has 1 aromatic rings. The molecule has 19 heavy (non-hydrogen) atoms. The SMILES string of the molecule is COCc1cccc(CNC(=O)[C@@H]2CCCCN2)c1. The Bertz CT molecular complexity index is 414. The molecule has 0 spiro atoms. The van der Waals surface area contributed by atoms with Gasteiger partial charge in [-0.05, 0) is 30.5 Å².